The Bertz CT molecular complexity index is 1220. The zero-order chi connectivity index (χ0) is 26.8. The number of imide groups is 1. The van der Waals surface area contributed by atoms with Crippen molar-refractivity contribution in [2.45, 2.75) is 61.4 Å². The fourth-order valence-electron chi connectivity index (χ4n) is 6.38. The van der Waals surface area contributed by atoms with E-state index in [1.165, 1.54) is 4.90 Å². The van der Waals surface area contributed by atoms with Gasteiger partial charge in [-0.25, -0.2) is 14.8 Å². The van der Waals surface area contributed by atoms with E-state index in [4.69, 9.17) is 16.2 Å². The summed E-state index contributed by atoms with van der Waals surface area (Å²) in [5, 5.41) is 26.0. The van der Waals surface area contributed by atoms with Crippen LogP contribution in [-0.4, -0.2) is 104 Å². The molecule has 0 saturated carbocycles. The molecular formula is C24H30N8O6. The number of nitrogens with zero attached hydrogens (tertiary/aromatic N) is 5. The van der Waals surface area contributed by atoms with Gasteiger partial charge in [-0.15, -0.1) is 0 Å². The smallest absolute Gasteiger partial charge is 0.410 e. The Kier molecular flexibility index (Phi) is 5.50. The van der Waals surface area contributed by atoms with Gasteiger partial charge in [0.1, 0.15) is 6.04 Å². The lowest BCUT2D eigenvalue weighted by atomic mass is 9.85. The van der Waals surface area contributed by atoms with Crippen LogP contribution in [0.3, 0.4) is 0 Å². The summed E-state index contributed by atoms with van der Waals surface area (Å²) in [5.41, 5.74) is 11.4. The van der Waals surface area contributed by atoms with Crippen LogP contribution in [0, 0.1) is 0 Å². The zero-order valence-corrected chi connectivity index (χ0v) is 20.6. The van der Waals surface area contributed by atoms with Gasteiger partial charge in [-0.05, 0) is 18.4 Å². The van der Waals surface area contributed by atoms with Crippen LogP contribution >= 0.6 is 0 Å². The third-order valence-corrected chi connectivity index (χ3v) is 8.19. The van der Waals surface area contributed by atoms with Gasteiger partial charge in [-0.2, -0.15) is 0 Å². The number of amides is 3. The molecule has 14 heteroatoms. The molecular weight excluding hydrogens is 496 g/mol. The van der Waals surface area contributed by atoms with Crippen LogP contribution in [0.15, 0.2) is 40.3 Å². The van der Waals surface area contributed by atoms with Crippen molar-refractivity contribution < 1.29 is 29.3 Å². The first-order valence-electron chi connectivity index (χ1n) is 12.7. The van der Waals surface area contributed by atoms with Crippen LogP contribution in [0.4, 0.5) is 4.79 Å². The van der Waals surface area contributed by atoms with Crippen LogP contribution in [0.2, 0.25) is 0 Å². The molecule has 0 bridgehead atoms. The Labute approximate surface area is 217 Å². The average molecular weight is 527 g/mol. The predicted octanol–water partition coefficient (Wildman–Crippen LogP) is -1.85. The quantitative estimate of drug-likeness (QED) is 0.219. The second kappa shape index (κ2) is 8.56. The highest BCUT2D eigenvalue weighted by Crippen LogP contribution is 2.46. The fourth-order valence-corrected chi connectivity index (χ4v) is 6.38. The highest BCUT2D eigenvalue weighted by Gasteiger charge is 2.74. The van der Waals surface area contributed by atoms with Crippen molar-refractivity contribution in [1.29, 1.82) is 0 Å². The second-order valence-electron chi connectivity index (χ2n) is 10.3. The lowest BCUT2D eigenvalue weighted by Crippen LogP contribution is -2.77. The highest BCUT2D eigenvalue weighted by molar-refractivity contribution is 6.02. The van der Waals surface area contributed by atoms with Crippen LogP contribution in [0.25, 0.3) is 0 Å². The molecule has 5 aliphatic rings. The molecule has 5 heterocycles. The van der Waals surface area contributed by atoms with Gasteiger partial charge in [0.2, 0.25) is 17.6 Å². The molecule has 1 aromatic rings. The minimum absolute atomic E-state index is 0.0860. The van der Waals surface area contributed by atoms with Crippen LogP contribution in [0.1, 0.15) is 37.3 Å². The number of hydrogen-bond donors (Lipinski definition) is 5. The molecule has 3 saturated heterocycles. The molecule has 5 atom stereocenters. The summed E-state index contributed by atoms with van der Waals surface area (Å²) >= 11 is 0. The van der Waals surface area contributed by atoms with Crippen LogP contribution in [0.5, 0.6) is 0 Å². The van der Waals surface area contributed by atoms with E-state index in [9.17, 15) is 24.6 Å². The minimum Gasteiger partial charge on any atom is -0.438 e. The fraction of sp³-hybridized carbons (Fsp3) is 0.542. The largest absolute Gasteiger partial charge is 0.438 e. The van der Waals surface area contributed by atoms with E-state index in [1.807, 2.05) is 30.3 Å². The number of hydrogen-bond acceptors (Lipinski definition) is 12. The summed E-state index contributed by atoms with van der Waals surface area (Å²) in [5.74, 6) is -3.59. The Balaban J connectivity index is 1.27. The van der Waals surface area contributed by atoms with Gasteiger partial charge in [0, 0.05) is 19.4 Å². The number of rotatable bonds is 4. The van der Waals surface area contributed by atoms with Gasteiger partial charge >= 0.3 is 6.09 Å². The van der Waals surface area contributed by atoms with E-state index >= 15 is 0 Å². The van der Waals surface area contributed by atoms with Crippen molar-refractivity contribution in [3.8, 4) is 0 Å². The molecule has 6 rings (SSSR count). The van der Waals surface area contributed by atoms with E-state index in [0.717, 1.165) is 23.3 Å². The molecule has 1 spiro atoms. The van der Waals surface area contributed by atoms with Gasteiger partial charge in [-0.3, -0.25) is 14.5 Å². The van der Waals surface area contributed by atoms with Crippen molar-refractivity contribution >= 4 is 29.8 Å². The average Bonchev–Trinajstić information content (AvgIpc) is 3.63. The first kappa shape index (κ1) is 24.4. The molecule has 1 aromatic carbocycles. The summed E-state index contributed by atoms with van der Waals surface area (Å²) in [7, 11) is 0. The number of carbonyl (C=O) groups is 3. The second-order valence-corrected chi connectivity index (χ2v) is 10.3. The van der Waals surface area contributed by atoms with Gasteiger partial charge in [0.05, 0.1) is 25.2 Å². The summed E-state index contributed by atoms with van der Waals surface area (Å²) in [4.78, 5) is 50.7. The third-order valence-electron chi connectivity index (χ3n) is 8.19. The summed E-state index contributed by atoms with van der Waals surface area (Å²) in [6, 6.07) is 7.43. The van der Waals surface area contributed by atoms with Gasteiger partial charge in [-0.1, -0.05) is 30.3 Å². The maximum absolute atomic E-state index is 13.3. The molecule has 3 unspecified atom stereocenters. The predicted molar refractivity (Wildman–Crippen MR) is 132 cm³/mol. The molecule has 0 aromatic heterocycles. The van der Waals surface area contributed by atoms with Crippen molar-refractivity contribution in [3.63, 3.8) is 0 Å². The number of benzene rings is 1. The third kappa shape index (κ3) is 3.43. The molecule has 3 amide bonds. The summed E-state index contributed by atoms with van der Waals surface area (Å²) < 4.78 is 5.73. The van der Waals surface area contributed by atoms with Gasteiger partial charge in [0.25, 0.3) is 0 Å². The number of nitrogens with one attached hydrogen (secondary N) is 1. The van der Waals surface area contributed by atoms with Crippen molar-refractivity contribution in [2.24, 2.45) is 21.5 Å². The normalized spacial score (nSPS) is 33.6. The Morgan fingerprint density at radius 2 is 1.84 bits per heavy atom. The van der Waals surface area contributed by atoms with E-state index in [0.29, 0.717) is 6.54 Å². The lowest BCUT2D eigenvalue weighted by molar-refractivity contribution is -0.257. The summed E-state index contributed by atoms with van der Waals surface area (Å²) in [6.45, 7) is 0.118. The van der Waals surface area contributed by atoms with E-state index in [2.05, 4.69) is 15.3 Å². The number of aliphatic hydroxyl groups is 2. The standard InChI is InChI=1S/C24H30N8O6/c25-20-28-19-14(11-31-17(33)8-9-18(31)34)27-21(26)32-12-16(24(36,37)23(19,32)29-20)38-22(35)30-10-4-7-15(30)13-5-2-1-3-6-13/h1-3,5-6,14-16,19,36-37H,4,7-12H2,(H2,26,27)(H3,25,28,29)/t14?,15?,16?,19-,23-/m0/s1. The number of likely N-dealkylation sites (tertiary alicyclic amines) is 2. The molecule has 38 heavy (non-hydrogen) atoms. The van der Waals surface area contributed by atoms with Gasteiger partial charge < -0.3 is 41.5 Å². The molecule has 7 N–H and O–H groups in total. The molecule has 202 valence electrons. The van der Waals surface area contributed by atoms with E-state index < -0.39 is 35.7 Å². The van der Waals surface area contributed by atoms with E-state index in [1.54, 1.807) is 4.90 Å². The Morgan fingerprint density at radius 1 is 1.13 bits per heavy atom. The van der Waals surface area contributed by atoms with Crippen molar-refractivity contribution in [1.82, 2.24) is 20.0 Å². The Morgan fingerprint density at radius 3 is 2.55 bits per heavy atom. The zero-order valence-electron chi connectivity index (χ0n) is 20.6. The maximum Gasteiger partial charge on any atom is 0.410 e. The monoisotopic (exact) mass is 526 g/mol. The molecule has 0 radical (unpaired) electrons. The number of guanidine groups is 2. The van der Waals surface area contributed by atoms with Crippen LogP contribution < -0.4 is 16.8 Å². The van der Waals surface area contributed by atoms with Crippen molar-refractivity contribution in [2.75, 3.05) is 19.6 Å². The summed E-state index contributed by atoms with van der Waals surface area (Å²) in [6.07, 6.45) is -0.397. The van der Waals surface area contributed by atoms with E-state index in [-0.39, 0.29) is 55.7 Å². The number of nitrogens with two attached hydrogens (primary N) is 2. The number of carbonyl (C=O) groups excluding carboxylic acids is 3. The SMILES string of the molecule is NC1=N[C@H]2C(CN3C(=O)CCC3=O)N=C(N)N3CC(OC(=O)N4CCCC4c4ccccc4)C(O)(O)[C@]23N1. The highest BCUT2D eigenvalue weighted by atomic mass is 16.6. The molecule has 5 aliphatic heterocycles. The lowest BCUT2D eigenvalue weighted by Gasteiger charge is -2.48. The molecule has 14 nitrogen and oxygen atoms in total. The maximum atomic E-state index is 13.3. The van der Waals surface area contributed by atoms with Crippen molar-refractivity contribution in [3.05, 3.63) is 35.9 Å². The minimum atomic E-state index is -2.71. The topological polar surface area (TPSA) is 199 Å². The Hall–Kier alpha value is -3.91. The molecule has 0 aliphatic carbocycles. The first-order chi connectivity index (χ1) is 18.1. The van der Waals surface area contributed by atoms with Gasteiger partial charge in [0.15, 0.2) is 23.7 Å². The number of ether oxygens (including phenoxy) is 1. The first-order valence-corrected chi connectivity index (χ1v) is 12.7. The molecule has 3 fully saturated rings. The van der Waals surface area contributed by atoms with Crippen LogP contribution in [-0.2, 0) is 14.3 Å². The number of aliphatic imine (C=N–C) groups is 2.